The smallest absolute Gasteiger partial charge is 0.159 e. The fourth-order valence-electron chi connectivity index (χ4n) is 2.40. The summed E-state index contributed by atoms with van der Waals surface area (Å²) in [7, 11) is 0. The Bertz CT molecular complexity index is 539. The summed E-state index contributed by atoms with van der Waals surface area (Å²) < 4.78 is 26.2. The van der Waals surface area contributed by atoms with Crippen LogP contribution < -0.4 is 5.32 Å². The minimum Gasteiger partial charge on any atom is -0.380 e. The third-order valence-electron chi connectivity index (χ3n) is 3.21. The number of rotatable bonds is 2. The maximum Gasteiger partial charge on any atom is 0.159 e. The Hall–Kier alpha value is -1.97. The molecule has 0 aliphatic heterocycles. The van der Waals surface area contributed by atoms with Gasteiger partial charge < -0.3 is 5.32 Å². The number of benzene rings is 1. The molecular weight excluding hydrogens is 234 g/mol. The monoisotopic (exact) mass is 246 g/mol. The summed E-state index contributed by atoms with van der Waals surface area (Å²) in [6.07, 6.45) is 4.87. The van der Waals surface area contributed by atoms with Gasteiger partial charge in [-0.05, 0) is 48.2 Å². The predicted octanol–water partition coefficient (Wildman–Crippen LogP) is 2.94. The molecule has 1 aromatic carbocycles. The number of aromatic nitrogens is 1. The van der Waals surface area contributed by atoms with Gasteiger partial charge in [-0.3, -0.25) is 4.98 Å². The Morgan fingerprint density at radius 1 is 1.11 bits per heavy atom. The van der Waals surface area contributed by atoms with Crippen molar-refractivity contribution in [3.8, 4) is 0 Å². The topological polar surface area (TPSA) is 24.9 Å². The van der Waals surface area contributed by atoms with Crippen LogP contribution >= 0.6 is 0 Å². The van der Waals surface area contributed by atoms with Crippen molar-refractivity contribution in [2.24, 2.45) is 0 Å². The second kappa shape index (κ2) is 4.37. The summed E-state index contributed by atoms with van der Waals surface area (Å²) in [5.74, 6) is -1.54. The second-order valence-electron chi connectivity index (χ2n) is 4.53. The molecule has 0 fully saturated rings. The molecule has 1 N–H and O–H groups in total. The van der Waals surface area contributed by atoms with Gasteiger partial charge in [-0.25, -0.2) is 8.78 Å². The predicted molar refractivity (Wildman–Crippen MR) is 65.4 cm³/mol. The lowest BCUT2D eigenvalue weighted by molar-refractivity contribution is 0.507. The van der Waals surface area contributed by atoms with Crippen LogP contribution in [0.15, 0.2) is 36.7 Å². The number of anilines is 1. The van der Waals surface area contributed by atoms with Crippen LogP contribution in [0.1, 0.15) is 11.1 Å². The molecule has 0 spiro atoms. The Labute approximate surface area is 104 Å². The molecular formula is C14H12F2N2. The Kier molecular flexibility index (Phi) is 2.70. The zero-order chi connectivity index (χ0) is 12.5. The van der Waals surface area contributed by atoms with Gasteiger partial charge >= 0.3 is 0 Å². The van der Waals surface area contributed by atoms with E-state index in [1.54, 1.807) is 12.4 Å². The molecule has 0 radical (unpaired) electrons. The first-order valence-electron chi connectivity index (χ1n) is 5.86. The quantitative estimate of drug-likeness (QED) is 0.881. The molecule has 0 amide bonds. The van der Waals surface area contributed by atoms with Gasteiger partial charge in [0.15, 0.2) is 11.6 Å². The van der Waals surface area contributed by atoms with E-state index in [4.69, 9.17) is 0 Å². The van der Waals surface area contributed by atoms with E-state index < -0.39 is 11.6 Å². The molecule has 3 rings (SSSR count). The van der Waals surface area contributed by atoms with Crippen LogP contribution in [0.5, 0.6) is 0 Å². The summed E-state index contributed by atoms with van der Waals surface area (Å²) >= 11 is 0. The van der Waals surface area contributed by atoms with Gasteiger partial charge in [0.25, 0.3) is 0 Å². The summed E-state index contributed by atoms with van der Waals surface area (Å²) in [6.45, 7) is 0. The van der Waals surface area contributed by atoms with Crippen molar-refractivity contribution in [2.45, 2.75) is 18.9 Å². The highest BCUT2D eigenvalue weighted by atomic mass is 19.2. The van der Waals surface area contributed by atoms with Gasteiger partial charge in [-0.2, -0.15) is 0 Å². The van der Waals surface area contributed by atoms with Crippen LogP contribution in [-0.4, -0.2) is 11.0 Å². The van der Waals surface area contributed by atoms with Crippen molar-refractivity contribution >= 4 is 5.69 Å². The van der Waals surface area contributed by atoms with Gasteiger partial charge in [0.2, 0.25) is 0 Å². The molecule has 0 saturated carbocycles. The van der Waals surface area contributed by atoms with Crippen LogP contribution in [0.3, 0.4) is 0 Å². The zero-order valence-electron chi connectivity index (χ0n) is 9.66. The minimum absolute atomic E-state index is 0.172. The largest absolute Gasteiger partial charge is 0.380 e. The van der Waals surface area contributed by atoms with E-state index in [1.165, 1.54) is 12.1 Å². The number of pyridine rings is 1. The molecule has 1 aliphatic rings. The minimum atomic E-state index is -0.768. The average Bonchev–Trinajstić information content (AvgIpc) is 2.72. The number of nitrogens with one attached hydrogen (secondary N) is 1. The van der Waals surface area contributed by atoms with Crippen LogP contribution in [0.25, 0.3) is 0 Å². The molecule has 1 aromatic heterocycles. The molecule has 0 saturated heterocycles. The van der Waals surface area contributed by atoms with Crippen molar-refractivity contribution in [3.63, 3.8) is 0 Å². The molecule has 2 aromatic rings. The van der Waals surface area contributed by atoms with E-state index in [0.717, 1.165) is 16.8 Å². The third-order valence-corrected chi connectivity index (χ3v) is 3.21. The maximum absolute atomic E-state index is 13.1. The van der Waals surface area contributed by atoms with Gasteiger partial charge in [0, 0.05) is 18.4 Å². The Morgan fingerprint density at radius 3 is 2.33 bits per heavy atom. The Morgan fingerprint density at radius 2 is 1.78 bits per heavy atom. The van der Waals surface area contributed by atoms with Gasteiger partial charge in [0.05, 0.1) is 5.69 Å². The molecule has 0 unspecified atom stereocenters. The molecule has 4 heteroatoms. The molecule has 1 heterocycles. The van der Waals surface area contributed by atoms with Crippen molar-refractivity contribution in [1.82, 2.24) is 4.98 Å². The highest BCUT2D eigenvalue weighted by molar-refractivity contribution is 5.44. The van der Waals surface area contributed by atoms with Crippen LogP contribution in [-0.2, 0) is 12.8 Å². The summed E-state index contributed by atoms with van der Waals surface area (Å²) in [5.41, 5.74) is 2.70. The highest BCUT2D eigenvalue weighted by Crippen LogP contribution is 2.26. The molecule has 0 atom stereocenters. The highest BCUT2D eigenvalue weighted by Gasteiger charge is 2.23. The van der Waals surface area contributed by atoms with Crippen molar-refractivity contribution in [3.05, 3.63) is 59.4 Å². The summed E-state index contributed by atoms with van der Waals surface area (Å²) in [5, 5.41) is 3.32. The molecule has 18 heavy (non-hydrogen) atoms. The SMILES string of the molecule is Fc1cc2c(cc1F)CC(Nc1cccnc1)C2. The maximum atomic E-state index is 13.1. The molecule has 92 valence electrons. The van der Waals surface area contributed by atoms with Gasteiger partial charge in [-0.15, -0.1) is 0 Å². The van der Waals surface area contributed by atoms with E-state index in [0.29, 0.717) is 12.8 Å². The van der Waals surface area contributed by atoms with Gasteiger partial charge in [-0.1, -0.05) is 0 Å². The van der Waals surface area contributed by atoms with E-state index in [1.807, 2.05) is 12.1 Å². The fourth-order valence-corrected chi connectivity index (χ4v) is 2.40. The molecule has 0 bridgehead atoms. The fraction of sp³-hybridized carbons (Fsp3) is 0.214. The van der Waals surface area contributed by atoms with Crippen LogP contribution in [0, 0.1) is 11.6 Å². The standard InChI is InChI=1S/C14H12F2N2/c15-13-6-9-4-12(5-10(9)7-14(13)16)18-11-2-1-3-17-8-11/h1-3,6-8,12,18H,4-5H2. The average molecular weight is 246 g/mol. The van der Waals surface area contributed by atoms with Crippen molar-refractivity contribution < 1.29 is 8.78 Å². The third kappa shape index (κ3) is 2.06. The zero-order valence-corrected chi connectivity index (χ0v) is 9.66. The lowest BCUT2D eigenvalue weighted by atomic mass is 10.1. The first-order valence-corrected chi connectivity index (χ1v) is 5.86. The number of halogens is 2. The van der Waals surface area contributed by atoms with Crippen LogP contribution in [0.4, 0.5) is 14.5 Å². The van der Waals surface area contributed by atoms with Crippen molar-refractivity contribution in [1.29, 1.82) is 0 Å². The summed E-state index contributed by atoms with van der Waals surface area (Å²) in [6, 6.07) is 6.55. The first-order chi connectivity index (χ1) is 8.72. The van der Waals surface area contributed by atoms with Crippen LogP contribution in [0.2, 0.25) is 0 Å². The number of hydrogen-bond acceptors (Lipinski definition) is 2. The van der Waals surface area contributed by atoms with E-state index >= 15 is 0 Å². The lowest BCUT2D eigenvalue weighted by Gasteiger charge is -2.12. The summed E-state index contributed by atoms with van der Waals surface area (Å²) in [4.78, 5) is 4.02. The van der Waals surface area contributed by atoms with E-state index in [9.17, 15) is 8.78 Å². The normalized spacial score (nSPS) is 14.6. The van der Waals surface area contributed by atoms with Gasteiger partial charge in [0.1, 0.15) is 0 Å². The molecule has 2 nitrogen and oxygen atoms in total. The Balaban J connectivity index is 1.77. The number of fused-ring (bicyclic) bond motifs is 1. The second-order valence-corrected chi connectivity index (χ2v) is 4.53. The van der Waals surface area contributed by atoms with E-state index in [2.05, 4.69) is 10.3 Å². The lowest BCUT2D eigenvalue weighted by Crippen LogP contribution is -2.19. The first kappa shape index (κ1) is 11.1. The molecule has 1 aliphatic carbocycles. The number of nitrogens with zero attached hydrogens (tertiary/aromatic N) is 1. The van der Waals surface area contributed by atoms with Crippen molar-refractivity contribution in [2.75, 3.05) is 5.32 Å². The van der Waals surface area contributed by atoms with E-state index in [-0.39, 0.29) is 6.04 Å². The number of hydrogen-bond donors (Lipinski definition) is 1.